The van der Waals surface area contributed by atoms with E-state index in [1.165, 1.54) is 12.8 Å². The molecule has 1 N–H and O–H groups in total. The fraction of sp³-hybridized carbons (Fsp3) is 0.294. The van der Waals surface area contributed by atoms with Crippen LogP contribution in [0.3, 0.4) is 0 Å². The third-order valence-electron chi connectivity index (χ3n) is 2.79. The Bertz CT molecular complexity index is 645. The second kappa shape index (κ2) is 8.23. The Morgan fingerprint density at radius 3 is 2.81 bits per heavy atom. The topological polar surface area (TPSA) is 37.3 Å². The Hall–Kier alpha value is -2.12. The van der Waals surface area contributed by atoms with Crippen LogP contribution in [0, 0.1) is 18.8 Å². The minimum absolute atomic E-state index is 0.808. The number of nitrogens with zero attached hydrogens (tertiary/aromatic N) is 2. The fourth-order valence-electron chi connectivity index (χ4n) is 1.65. The van der Waals surface area contributed by atoms with Crippen LogP contribution in [0.4, 0.5) is 5.13 Å². The predicted octanol–water partition coefficient (Wildman–Crippen LogP) is 4.44. The number of unbranched alkanes of at least 4 members (excludes halogenated alkanes) is 2. The van der Waals surface area contributed by atoms with E-state index in [2.05, 4.69) is 34.3 Å². The predicted molar refractivity (Wildman–Crippen MR) is 90.9 cm³/mol. The summed E-state index contributed by atoms with van der Waals surface area (Å²) in [4.78, 5) is 4.28. The summed E-state index contributed by atoms with van der Waals surface area (Å²) >= 11 is 1.55. The normalized spacial score (nSPS) is 10.4. The van der Waals surface area contributed by atoms with Gasteiger partial charge in [0.2, 0.25) is 5.13 Å². The lowest BCUT2D eigenvalue weighted by Crippen LogP contribution is -1.90. The number of rotatable bonds is 5. The number of aryl methyl sites for hydroxylation is 1. The van der Waals surface area contributed by atoms with E-state index in [1.807, 2.05) is 36.6 Å². The summed E-state index contributed by atoms with van der Waals surface area (Å²) < 4.78 is 0. The van der Waals surface area contributed by atoms with E-state index < -0.39 is 0 Å². The number of hydrazone groups is 1. The van der Waals surface area contributed by atoms with Crippen molar-refractivity contribution in [3.8, 4) is 11.8 Å². The third-order valence-corrected chi connectivity index (χ3v) is 3.66. The average Bonchev–Trinajstić information content (AvgIpc) is 2.91. The van der Waals surface area contributed by atoms with Crippen LogP contribution in [0.1, 0.15) is 43.0 Å². The zero-order chi connectivity index (χ0) is 14.9. The number of anilines is 1. The van der Waals surface area contributed by atoms with E-state index in [-0.39, 0.29) is 0 Å². The van der Waals surface area contributed by atoms with Gasteiger partial charge in [-0.1, -0.05) is 37.3 Å². The number of thiazole rings is 1. The van der Waals surface area contributed by atoms with E-state index >= 15 is 0 Å². The van der Waals surface area contributed by atoms with Gasteiger partial charge >= 0.3 is 0 Å². The van der Waals surface area contributed by atoms with Crippen LogP contribution in [-0.4, -0.2) is 11.2 Å². The molecule has 0 unspecified atom stereocenters. The van der Waals surface area contributed by atoms with Gasteiger partial charge in [0.25, 0.3) is 0 Å². The quantitative estimate of drug-likeness (QED) is 0.383. The molecule has 1 aromatic carbocycles. The molecule has 108 valence electrons. The fourth-order valence-corrected chi connectivity index (χ4v) is 2.29. The zero-order valence-electron chi connectivity index (χ0n) is 12.4. The van der Waals surface area contributed by atoms with Crippen LogP contribution >= 0.6 is 11.3 Å². The van der Waals surface area contributed by atoms with Gasteiger partial charge in [0.15, 0.2) is 0 Å². The van der Waals surface area contributed by atoms with Gasteiger partial charge in [0, 0.05) is 17.4 Å². The van der Waals surface area contributed by atoms with Gasteiger partial charge in [-0.05, 0) is 31.0 Å². The van der Waals surface area contributed by atoms with Crippen molar-refractivity contribution in [1.29, 1.82) is 0 Å². The molecule has 0 aliphatic rings. The maximum Gasteiger partial charge on any atom is 0.203 e. The van der Waals surface area contributed by atoms with E-state index in [0.717, 1.165) is 28.4 Å². The first kappa shape index (κ1) is 15.3. The molecule has 0 bridgehead atoms. The van der Waals surface area contributed by atoms with E-state index in [1.54, 1.807) is 17.6 Å². The van der Waals surface area contributed by atoms with Crippen molar-refractivity contribution in [3.05, 3.63) is 46.5 Å². The monoisotopic (exact) mass is 297 g/mol. The molecule has 0 fully saturated rings. The van der Waals surface area contributed by atoms with Crippen molar-refractivity contribution in [3.63, 3.8) is 0 Å². The van der Waals surface area contributed by atoms with Crippen molar-refractivity contribution in [2.75, 3.05) is 5.43 Å². The molecule has 0 saturated heterocycles. The largest absolute Gasteiger partial charge is 0.253 e. The van der Waals surface area contributed by atoms with Gasteiger partial charge in [-0.2, -0.15) is 5.10 Å². The van der Waals surface area contributed by atoms with Gasteiger partial charge in [-0.25, -0.2) is 4.98 Å². The maximum atomic E-state index is 4.28. The Balaban J connectivity index is 1.88. The molecule has 4 heteroatoms. The lowest BCUT2D eigenvalue weighted by molar-refractivity contribution is 0.828. The van der Waals surface area contributed by atoms with Crippen molar-refractivity contribution in [1.82, 2.24) is 4.98 Å². The molecule has 0 aliphatic heterocycles. The van der Waals surface area contributed by atoms with Crippen molar-refractivity contribution in [2.24, 2.45) is 5.10 Å². The number of aromatic nitrogens is 1. The van der Waals surface area contributed by atoms with Crippen LogP contribution in [0.2, 0.25) is 0 Å². The summed E-state index contributed by atoms with van der Waals surface area (Å²) in [5.74, 6) is 6.36. The number of benzene rings is 1. The standard InChI is InChI=1S/C17H19N3S/c1-3-4-5-6-7-15-8-10-16(11-9-15)12-18-20-17-19-14(2)13-21-17/h8-13H,3-5H2,1-2H3,(H,19,20). The lowest BCUT2D eigenvalue weighted by atomic mass is 10.1. The molecular weight excluding hydrogens is 278 g/mol. The third kappa shape index (κ3) is 5.41. The molecule has 2 aromatic rings. The van der Waals surface area contributed by atoms with E-state index in [9.17, 15) is 0 Å². The summed E-state index contributed by atoms with van der Waals surface area (Å²) in [7, 11) is 0. The molecule has 0 atom stereocenters. The number of hydrogen-bond donors (Lipinski definition) is 1. The highest BCUT2D eigenvalue weighted by Gasteiger charge is 1.94. The Morgan fingerprint density at radius 1 is 1.33 bits per heavy atom. The van der Waals surface area contributed by atoms with Gasteiger partial charge in [0.05, 0.1) is 11.9 Å². The second-order valence-corrected chi connectivity index (χ2v) is 5.55. The van der Waals surface area contributed by atoms with Gasteiger partial charge in [-0.15, -0.1) is 11.3 Å². The van der Waals surface area contributed by atoms with Crippen LogP contribution in [0.25, 0.3) is 0 Å². The van der Waals surface area contributed by atoms with E-state index in [0.29, 0.717) is 0 Å². The molecule has 2 rings (SSSR count). The van der Waals surface area contributed by atoms with Gasteiger partial charge < -0.3 is 0 Å². The second-order valence-electron chi connectivity index (χ2n) is 4.69. The van der Waals surface area contributed by atoms with Crippen LogP contribution < -0.4 is 5.43 Å². The number of hydrogen-bond acceptors (Lipinski definition) is 4. The highest BCUT2D eigenvalue weighted by Crippen LogP contribution is 2.13. The molecule has 21 heavy (non-hydrogen) atoms. The smallest absolute Gasteiger partial charge is 0.203 e. The molecule has 3 nitrogen and oxygen atoms in total. The summed E-state index contributed by atoms with van der Waals surface area (Å²) in [5.41, 5.74) is 6.01. The zero-order valence-corrected chi connectivity index (χ0v) is 13.2. The molecule has 0 spiro atoms. The summed E-state index contributed by atoms with van der Waals surface area (Å²) in [6.07, 6.45) is 5.11. The SMILES string of the molecule is CCCCC#Cc1ccc(C=NNc2nc(C)cs2)cc1. The molecule has 0 radical (unpaired) electrons. The minimum atomic E-state index is 0.808. The van der Waals surface area contributed by atoms with E-state index in [4.69, 9.17) is 0 Å². The highest BCUT2D eigenvalue weighted by atomic mass is 32.1. The van der Waals surface area contributed by atoms with Crippen molar-refractivity contribution in [2.45, 2.75) is 33.1 Å². The summed E-state index contributed by atoms with van der Waals surface area (Å²) in [6, 6.07) is 8.08. The van der Waals surface area contributed by atoms with Gasteiger partial charge in [0.1, 0.15) is 0 Å². The first-order valence-electron chi connectivity index (χ1n) is 7.08. The summed E-state index contributed by atoms with van der Waals surface area (Å²) in [5, 5.41) is 6.98. The molecule has 0 saturated carbocycles. The Labute approximate surface area is 130 Å². The first-order valence-corrected chi connectivity index (χ1v) is 7.96. The van der Waals surface area contributed by atoms with Crippen LogP contribution in [0.15, 0.2) is 34.7 Å². The maximum absolute atomic E-state index is 4.28. The Morgan fingerprint density at radius 2 is 2.14 bits per heavy atom. The molecule has 0 aliphatic carbocycles. The summed E-state index contributed by atoms with van der Waals surface area (Å²) in [6.45, 7) is 4.14. The lowest BCUT2D eigenvalue weighted by Gasteiger charge is -1.95. The van der Waals surface area contributed by atoms with Crippen molar-refractivity contribution >= 4 is 22.7 Å². The van der Waals surface area contributed by atoms with Crippen molar-refractivity contribution < 1.29 is 0 Å². The first-order chi connectivity index (χ1) is 10.3. The molecular formula is C17H19N3S. The minimum Gasteiger partial charge on any atom is -0.253 e. The number of nitrogens with one attached hydrogen (secondary N) is 1. The molecule has 1 heterocycles. The molecule has 0 amide bonds. The average molecular weight is 297 g/mol. The Kier molecular flexibility index (Phi) is 5.99. The van der Waals surface area contributed by atoms with Gasteiger partial charge in [-0.3, -0.25) is 5.43 Å². The van der Waals surface area contributed by atoms with Crippen LogP contribution in [0.5, 0.6) is 0 Å². The highest BCUT2D eigenvalue weighted by molar-refractivity contribution is 7.13. The van der Waals surface area contributed by atoms with Crippen LogP contribution in [-0.2, 0) is 0 Å². The molecule has 1 aromatic heterocycles.